The smallest absolute Gasteiger partial charge is 0.296 e. The number of aliphatic hydroxyl groups excluding tert-OH is 1. The molecule has 2 N–H and O–H groups in total. The van der Waals surface area contributed by atoms with Crippen molar-refractivity contribution in [2.75, 3.05) is 14.2 Å². The Bertz CT molecular complexity index is 512. The van der Waals surface area contributed by atoms with Crippen LogP contribution in [0.15, 0.2) is 12.1 Å². The predicted octanol–water partition coefficient (Wildman–Crippen LogP) is 1.24. The van der Waals surface area contributed by atoms with Crippen molar-refractivity contribution in [1.29, 1.82) is 0 Å². The maximum absolute atomic E-state index is 10.8. The summed E-state index contributed by atoms with van der Waals surface area (Å²) >= 11 is 5.85. The predicted molar refractivity (Wildman–Crippen MR) is 61.1 cm³/mol. The van der Waals surface area contributed by atoms with Gasteiger partial charge < -0.3 is 14.6 Å². The Hall–Kier alpha value is -1.02. The second-order valence-corrected chi connectivity index (χ2v) is 4.93. The third kappa shape index (κ3) is 2.81. The fourth-order valence-electron chi connectivity index (χ4n) is 1.26. The first-order valence-electron chi connectivity index (χ1n) is 4.37. The minimum Gasteiger partial charge on any atom is -0.493 e. The Kier molecular flexibility index (Phi) is 4.21. The Morgan fingerprint density at radius 2 is 1.88 bits per heavy atom. The minimum atomic E-state index is -4.65. The van der Waals surface area contributed by atoms with Crippen LogP contribution < -0.4 is 9.47 Å². The molecule has 0 aromatic heterocycles. The summed E-state index contributed by atoms with van der Waals surface area (Å²) in [5.41, 5.74) is -2.32. The summed E-state index contributed by atoms with van der Waals surface area (Å²) in [4.78, 5) is 0. The zero-order valence-electron chi connectivity index (χ0n) is 9.05. The summed E-state index contributed by atoms with van der Waals surface area (Å²) in [6.07, 6.45) is 0. The zero-order valence-corrected chi connectivity index (χ0v) is 10.6. The van der Waals surface area contributed by atoms with Gasteiger partial charge in [0.05, 0.1) is 19.2 Å². The number of halogens is 1. The largest absolute Gasteiger partial charge is 0.493 e. The van der Waals surface area contributed by atoms with Gasteiger partial charge in [0, 0.05) is 5.56 Å². The lowest BCUT2D eigenvalue weighted by Crippen LogP contribution is -2.12. The van der Waals surface area contributed by atoms with Crippen LogP contribution in [0.4, 0.5) is 0 Å². The van der Waals surface area contributed by atoms with Crippen molar-refractivity contribution in [1.82, 2.24) is 0 Å². The number of hydrogen-bond acceptors (Lipinski definition) is 5. The van der Waals surface area contributed by atoms with Crippen molar-refractivity contribution < 1.29 is 27.6 Å². The summed E-state index contributed by atoms with van der Waals surface area (Å²) < 4.78 is 40.2. The van der Waals surface area contributed by atoms with Gasteiger partial charge in [-0.15, -0.1) is 0 Å². The van der Waals surface area contributed by atoms with Gasteiger partial charge in [-0.25, -0.2) is 0 Å². The number of benzene rings is 1. The van der Waals surface area contributed by atoms with Gasteiger partial charge in [0.2, 0.25) is 5.44 Å². The normalized spacial score (nSPS) is 13.2. The van der Waals surface area contributed by atoms with Crippen molar-refractivity contribution in [3.8, 4) is 11.5 Å². The number of rotatable bonds is 4. The van der Waals surface area contributed by atoms with E-state index < -0.39 is 15.6 Å². The summed E-state index contributed by atoms with van der Waals surface area (Å²) in [6, 6.07) is 2.59. The molecule has 0 bridgehead atoms. The van der Waals surface area contributed by atoms with Crippen LogP contribution >= 0.6 is 11.6 Å². The SMILES string of the molecule is COc1ccc(C(O)S(=O)(=O)O)c(Cl)c1OC. The molecule has 1 atom stereocenters. The van der Waals surface area contributed by atoms with E-state index in [2.05, 4.69) is 0 Å². The summed E-state index contributed by atoms with van der Waals surface area (Å²) in [7, 11) is -1.95. The summed E-state index contributed by atoms with van der Waals surface area (Å²) in [5.74, 6) is 0.359. The van der Waals surface area contributed by atoms with Gasteiger partial charge in [0.25, 0.3) is 10.1 Å². The van der Waals surface area contributed by atoms with Crippen LogP contribution in [0.1, 0.15) is 11.0 Å². The van der Waals surface area contributed by atoms with E-state index in [4.69, 9.17) is 25.6 Å². The van der Waals surface area contributed by atoms with E-state index in [1.54, 1.807) is 0 Å². The molecule has 96 valence electrons. The fraction of sp³-hybridized carbons (Fsp3) is 0.333. The third-order valence-electron chi connectivity index (χ3n) is 2.06. The van der Waals surface area contributed by atoms with Crippen molar-refractivity contribution in [3.05, 3.63) is 22.7 Å². The highest BCUT2D eigenvalue weighted by Crippen LogP contribution is 2.40. The molecule has 0 aliphatic heterocycles. The highest BCUT2D eigenvalue weighted by molar-refractivity contribution is 7.85. The number of methoxy groups -OCH3 is 2. The highest BCUT2D eigenvalue weighted by Gasteiger charge is 2.27. The second kappa shape index (κ2) is 5.09. The monoisotopic (exact) mass is 282 g/mol. The third-order valence-corrected chi connectivity index (χ3v) is 3.27. The molecule has 0 aliphatic rings. The Morgan fingerprint density at radius 3 is 2.29 bits per heavy atom. The maximum Gasteiger partial charge on any atom is 0.296 e. The topological polar surface area (TPSA) is 93.1 Å². The van der Waals surface area contributed by atoms with Gasteiger partial charge in [0.15, 0.2) is 11.5 Å². The highest BCUT2D eigenvalue weighted by atomic mass is 35.5. The first kappa shape index (κ1) is 14.0. The van der Waals surface area contributed by atoms with Crippen LogP contribution in [0.5, 0.6) is 11.5 Å². The van der Waals surface area contributed by atoms with Gasteiger partial charge in [-0.2, -0.15) is 8.42 Å². The number of hydrogen-bond donors (Lipinski definition) is 2. The molecule has 1 unspecified atom stereocenters. The Labute approximate surface area is 103 Å². The van der Waals surface area contributed by atoms with E-state index in [1.165, 1.54) is 26.4 Å². The van der Waals surface area contributed by atoms with Gasteiger partial charge >= 0.3 is 0 Å². The average molecular weight is 283 g/mol. The molecule has 1 rings (SSSR count). The van der Waals surface area contributed by atoms with Crippen molar-refractivity contribution in [2.45, 2.75) is 5.44 Å². The molecule has 1 aromatic rings. The molecule has 17 heavy (non-hydrogen) atoms. The van der Waals surface area contributed by atoms with Gasteiger partial charge in [0.1, 0.15) is 0 Å². The van der Waals surface area contributed by atoms with Crippen molar-refractivity contribution in [2.24, 2.45) is 0 Å². The molecule has 0 saturated carbocycles. The standard InChI is InChI=1S/C9H11ClO6S/c1-15-6-4-3-5(7(10)8(6)16-2)9(11)17(12,13)14/h3-4,9,11H,1-2H3,(H,12,13,14). The Morgan fingerprint density at radius 1 is 1.29 bits per heavy atom. The van der Waals surface area contributed by atoms with Crippen LogP contribution in [0.25, 0.3) is 0 Å². The minimum absolute atomic E-state index is 0.0781. The van der Waals surface area contributed by atoms with E-state index in [-0.39, 0.29) is 22.1 Å². The molecule has 0 heterocycles. The lowest BCUT2D eigenvalue weighted by molar-refractivity contribution is 0.237. The van der Waals surface area contributed by atoms with Gasteiger partial charge in [-0.3, -0.25) is 4.55 Å². The molecule has 0 radical (unpaired) electrons. The van der Waals surface area contributed by atoms with Crippen molar-refractivity contribution in [3.63, 3.8) is 0 Å². The molecule has 0 fully saturated rings. The fourth-order valence-corrected chi connectivity index (χ4v) is 2.17. The van der Waals surface area contributed by atoms with E-state index >= 15 is 0 Å². The van der Waals surface area contributed by atoms with Crippen LogP contribution in [-0.2, 0) is 10.1 Å². The molecule has 0 spiro atoms. The molecule has 6 nitrogen and oxygen atoms in total. The molecular weight excluding hydrogens is 272 g/mol. The maximum atomic E-state index is 10.8. The van der Waals surface area contributed by atoms with Crippen LogP contribution in [0, 0.1) is 0 Å². The molecule has 0 saturated heterocycles. The molecule has 1 aromatic carbocycles. The average Bonchev–Trinajstić information content (AvgIpc) is 2.26. The van der Waals surface area contributed by atoms with E-state index in [0.29, 0.717) is 0 Å². The lowest BCUT2D eigenvalue weighted by Gasteiger charge is -2.14. The lowest BCUT2D eigenvalue weighted by atomic mass is 10.2. The Balaban J connectivity index is 3.39. The number of aliphatic hydroxyl groups is 1. The zero-order chi connectivity index (χ0) is 13.2. The molecule has 0 amide bonds. The van der Waals surface area contributed by atoms with E-state index in [0.717, 1.165) is 0 Å². The molecule has 8 heteroatoms. The van der Waals surface area contributed by atoms with Crippen LogP contribution in [0.3, 0.4) is 0 Å². The molecular formula is C9H11ClO6S. The second-order valence-electron chi connectivity index (χ2n) is 3.07. The van der Waals surface area contributed by atoms with E-state index in [1.807, 2.05) is 0 Å². The van der Waals surface area contributed by atoms with E-state index in [9.17, 15) is 13.5 Å². The summed E-state index contributed by atoms with van der Waals surface area (Å²) in [6.45, 7) is 0. The van der Waals surface area contributed by atoms with Gasteiger partial charge in [-0.1, -0.05) is 11.6 Å². The van der Waals surface area contributed by atoms with Crippen molar-refractivity contribution >= 4 is 21.7 Å². The quantitative estimate of drug-likeness (QED) is 0.807. The van der Waals surface area contributed by atoms with Crippen LogP contribution in [0.2, 0.25) is 5.02 Å². The van der Waals surface area contributed by atoms with Crippen LogP contribution in [-0.4, -0.2) is 32.3 Å². The first-order valence-corrected chi connectivity index (χ1v) is 6.25. The summed E-state index contributed by atoms with van der Waals surface area (Å²) in [5, 5.41) is 9.26. The molecule has 0 aliphatic carbocycles. The van der Waals surface area contributed by atoms with Gasteiger partial charge in [-0.05, 0) is 12.1 Å². The first-order chi connectivity index (χ1) is 7.82. The number of ether oxygens (including phenoxy) is 2.